The second-order valence-electron chi connectivity index (χ2n) is 8.39. The summed E-state index contributed by atoms with van der Waals surface area (Å²) in [7, 11) is 0. The molecule has 4 aliphatic rings. The molecule has 0 spiro atoms. The van der Waals surface area contributed by atoms with E-state index in [1.165, 1.54) is 5.57 Å². The van der Waals surface area contributed by atoms with Gasteiger partial charge in [0.2, 0.25) is 0 Å². The van der Waals surface area contributed by atoms with E-state index < -0.39 is 6.10 Å². The maximum atomic E-state index is 11.7. The lowest BCUT2D eigenvalue weighted by Gasteiger charge is -2.58. The highest BCUT2D eigenvalue weighted by atomic mass is 16.3. The van der Waals surface area contributed by atoms with Gasteiger partial charge in [0.25, 0.3) is 0 Å². The molecule has 2 N–H and O–H groups in total. The Bertz CT molecular complexity index is 577. The van der Waals surface area contributed by atoms with Crippen LogP contribution in [0.1, 0.15) is 46.0 Å². The van der Waals surface area contributed by atoms with Crippen LogP contribution in [0.3, 0.4) is 0 Å². The van der Waals surface area contributed by atoms with E-state index in [0.29, 0.717) is 18.3 Å². The quantitative estimate of drug-likeness (QED) is 0.723. The summed E-state index contributed by atoms with van der Waals surface area (Å²) in [5, 5.41) is 21.4. The highest BCUT2D eigenvalue weighted by molar-refractivity contribution is 6.01. The van der Waals surface area contributed by atoms with E-state index >= 15 is 0 Å². The molecule has 0 amide bonds. The van der Waals surface area contributed by atoms with Crippen LogP contribution in [0.5, 0.6) is 0 Å². The van der Waals surface area contributed by atoms with Crippen LogP contribution in [-0.4, -0.2) is 28.2 Å². The SMILES string of the molecule is C[C@]12C=CC(=O)C=C1CCC1C2C(O)C[C@@]2(C)C1CC[C@@H]2O. The summed E-state index contributed by atoms with van der Waals surface area (Å²) in [5.74, 6) is 1.21. The predicted molar refractivity (Wildman–Crippen MR) is 84.0 cm³/mol. The van der Waals surface area contributed by atoms with Gasteiger partial charge >= 0.3 is 0 Å². The first-order valence-corrected chi connectivity index (χ1v) is 8.66. The number of hydrogen-bond acceptors (Lipinski definition) is 3. The zero-order chi connectivity index (χ0) is 15.7. The molecule has 3 heteroatoms. The van der Waals surface area contributed by atoms with E-state index in [0.717, 1.165) is 25.7 Å². The molecule has 0 aromatic carbocycles. The van der Waals surface area contributed by atoms with Crippen molar-refractivity contribution >= 4 is 5.78 Å². The Morgan fingerprint density at radius 2 is 1.95 bits per heavy atom. The maximum absolute atomic E-state index is 11.7. The van der Waals surface area contributed by atoms with Gasteiger partial charge in [-0.05, 0) is 61.5 Å². The molecule has 4 aliphatic carbocycles. The number of carbonyl (C=O) groups is 1. The molecule has 0 saturated heterocycles. The van der Waals surface area contributed by atoms with E-state index in [1.807, 2.05) is 6.08 Å². The summed E-state index contributed by atoms with van der Waals surface area (Å²) in [4.78, 5) is 11.7. The summed E-state index contributed by atoms with van der Waals surface area (Å²) in [6.45, 7) is 4.36. The van der Waals surface area contributed by atoms with Crippen LogP contribution in [0, 0.1) is 28.6 Å². The Labute approximate surface area is 132 Å². The monoisotopic (exact) mass is 302 g/mol. The zero-order valence-corrected chi connectivity index (χ0v) is 13.5. The van der Waals surface area contributed by atoms with Crippen molar-refractivity contribution in [2.75, 3.05) is 0 Å². The smallest absolute Gasteiger partial charge is 0.178 e. The van der Waals surface area contributed by atoms with Gasteiger partial charge in [-0.1, -0.05) is 25.5 Å². The molecule has 22 heavy (non-hydrogen) atoms. The molecule has 3 fully saturated rings. The van der Waals surface area contributed by atoms with Crippen molar-refractivity contribution in [3.63, 3.8) is 0 Å². The molecular formula is C19H26O3. The Kier molecular flexibility index (Phi) is 3.03. The van der Waals surface area contributed by atoms with Crippen LogP contribution in [0.4, 0.5) is 0 Å². The fourth-order valence-electron chi connectivity index (χ4n) is 6.30. The zero-order valence-electron chi connectivity index (χ0n) is 13.5. The predicted octanol–water partition coefficient (Wildman–Crippen LogP) is 2.63. The summed E-state index contributed by atoms with van der Waals surface area (Å²) < 4.78 is 0. The molecule has 120 valence electrons. The summed E-state index contributed by atoms with van der Waals surface area (Å²) >= 11 is 0. The Hall–Kier alpha value is -0.930. The van der Waals surface area contributed by atoms with E-state index in [9.17, 15) is 15.0 Å². The van der Waals surface area contributed by atoms with Crippen molar-refractivity contribution < 1.29 is 15.0 Å². The fourth-order valence-corrected chi connectivity index (χ4v) is 6.30. The third-order valence-corrected chi connectivity index (χ3v) is 7.44. The van der Waals surface area contributed by atoms with Crippen molar-refractivity contribution in [2.45, 2.75) is 58.2 Å². The maximum Gasteiger partial charge on any atom is 0.178 e. The van der Waals surface area contributed by atoms with E-state index in [-0.39, 0.29) is 28.6 Å². The molecule has 0 aromatic heterocycles. The second kappa shape index (κ2) is 4.55. The Balaban J connectivity index is 1.76. The van der Waals surface area contributed by atoms with Gasteiger partial charge in [-0.2, -0.15) is 0 Å². The molecule has 0 radical (unpaired) electrons. The van der Waals surface area contributed by atoms with Crippen LogP contribution in [0.15, 0.2) is 23.8 Å². The highest BCUT2D eigenvalue weighted by Crippen LogP contribution is 2.64. The molecule has 0 heterocycles. The van der Waals surface area contributed by atoms with Crippen molar-refractivity contribution in [1.29, 1.82) is 0 Å². The van der Waals surface area contributed by atoms with E-state index in [2.05, 4.69) is 13.8 Å². The van der Waals surface area contributed by atoms with Crippen LogP contribution in [-0.2, 0) is 4.79 Å². The lowest BCUT2D eigenvalue weighted by molar-refractivity contribution is -0.129. The number of rotatable bonds is 0. The molecule has 3 nitrogen and oxygen atoms in total. The van der Waals surface area contributed by atoms with Crippen LogP contribution in [0.2, 0.25) is 0 Å². The lowest BCUT2D eigenvalue weighted by Crippen LogP contribution is -2.56. The van der Waals surface area contributed by atoms with Crippen LogP contribution >= 0.6 is 0 Å². The molecule has 0 aromatic rings. The normalized spacial score (nSPS) is 53.5. The molecule has 0 aliphatic heterocycles. The second-order valence-corrected chi connectivity index (χ2v) is 8.39. The number of aliphatic hydroxyl groups is 2. The number of aliphatic hydroxyl groups excluding tert-OH is 2. The molecule has 0 bridgehead atoms. The first-order valence-electron chi connectivity index (χ1n) is 8.66. The summed E-state index contributed by atoms with van der Waals surface area (Å²) in [6, 6.07) is 0. The van der Waals surface area contributed by atoms with Gasteiger partial charge in [0.1, 0.15) is 0 Å². The van der Waals surface area contributed by atoms with Crippen molar-refractivity contribution in [1.82, 2.24) is 0 Å². The minimum atomic E-state index is -0.398. The Morgan fingerprint density at radius 1 is 1.18 bits per heavy atom. The highest BCUT2D eigenvalue weighted by Gasteiger charge is 2.61. The van der Waals surface area contributed by atoms with Gasteiger partial charge in [-0.25, -0.2) is 0 Å². The number of ketones is 1. The van der Waals surface area contributed by atoms with Gasteiger partial charge < -0.3 is 10.2 Å². The molecule has 4 rings (SSSR count). The minimum Gasteiger partial charge on any atom is -0.393 e. The lowest BCUT2D eigenvalue weighted by atomic mass is 9.47. The largest absolute Gasteiger partial charge is 0.393 e. The van der Waals surface area contributed by atoms with Gasteiger partial charge in [-0.3, -0.25) is 4.79 Å². The van der Waals surface area contributed by atoms with Gasteiger partial charge in [0.15, 0.2) is 5.78 Å². The standard InChI is InChI=1S/C19H26O3/c1-18-8-7-12(20)9-11(18)3-4-13-14-5-6-16(22)19(14,2)10-15(21)17(13)18/h7-9,13-17,21-22H,3-6,10H2,1-2H3/t13?,14?,15?,16-,17?,18-,19-/m0/s1. The molecule has 7 atom stereocenters. The van der Waals surface area contributed by atoms with Gasteiger partial charge in [-0.15, -0.1) is 0 Å². The summed E-state index contributed by atoms with van der Waals surface area (Å²) in [5.41, 5.74) is 0.875. The summed E-state index contributed by atoms with van der Waals surface area (Å²) in [6.07, 6.45) is 9.44. The van der Waals surface area contributed by atoms with Crippen molar-refractivity contribution in [2.24, 2.45) is 28.6 Å². The van der Waals surface area contributed by atoms with Crippen LogP contribution < -0.4 is 0 Å². The number of allylic oxidation sites excluding steroid dienone is 4. The first-order chi connectivity index (χ1) is 10.4. The minimum absolute atomic E-state index is 0.0809. The van der Waals surface area contributed by atoms with Crippen molar-refractivity contribution in [3.8, 4) is 0 Å². The third kappa shape index (κ3) is 1.73. The van der Waals surface area contributed by atoms with E-state index in [4.69, 9.17) is 0 Å². The van der Waals surface area contributed by atoms with Gasteiger partial charge in [0, 0.05) is 11.3 Å². The number of carbonyl (C=O) groups excluding carboxylic acids is 1. The number of hydrogen-bond donors (Lipinski definition) is 2. The average molecular weight is 302 g/mol. The topological polar surface area (TPSA) is 57.5 Å². The number of fused-ring (bicyclic) bond motifs is 5. The Morgan fingerprint density at radius 3 is 2.73 bits per heavy atom. The molecule has 4 unspecified atom stereocenters. The van der Waals surface area contributed by atoms with Gasteiger partial charge in [0.05, 0.1) is 12.2 Å². The molecular weight excluding hydrogens is 276 g/mol. The third-order valence-electron chi connectivity index (χ3n) is 7.44. The molecule has 3 saturated carbocycles. The van der Waals surface area contributed by atoms with Crippen molar-refractivity contribution in [3.05, 3.63) is 23.8 Å². The van der Waals surface area contributed by atoms with E-state index in [1.54, 1.807) is 12.2 Å². The van der Waals surface area contributed by atoms with Crippen LogP contribution in [0.25, 0.3) is 0 Å². The first kappa shape index (κ1) is 14.6. The fraction of sp³-hybridized carbons (Fsp3) is 0.737. The average Bonchev–Trinajstić information content (AvgIpc) is 2.75.